The molecule has 0 unspecified atom stereocenters. The van der Waals surface area contributed by atoms with Gasteiger partial charge in [0, 0.05) is 25.4 Å². The van der Waals surface area contributed by atoms with E-state index in [1.165, 1.54) is 0 Å². The molecule has 14 heavy (non-hydrogen) atoms. The molecule has 0 atom stereocenters. The number of alkyl halides is 3. The van der Waals surface area contributed by atoms with Crippen molar-refractivity contribution in [3.8, 4) is 0 Å². The number of H-pyrrole nitrogens is 1. The molecular formula is C9H13F3N2. The van der Waals surface area contributed by atoms with Gasteiger partial charge in [0.05, 0.1) is 0 Å². The zero-order valence-corrected chi connectivity index (χ0v) is 7.69. The molecule has 0 radical (unpaired) electrons. The average Bonchev–Trinajstić information content (AvgIpc) is 2.54. The predicted molar refractivity (Wildman–Crippen MR) is 47.8 cm³/mol. The Kier molecular flexibility index (Phi) is 4.00. The number of rotatable bonds is 5. The van der Waals surface area contributed by atoms with Crippen molar-refractivity contribution in [3.05, 3.63) is 24.0 Å². The molecule has 0 saturated carbocycles. The third kappa shape index (κ3) is 4.91. The molecule has 0 spiro atoms. The molecule has 0 aromatic carbocycles. The van der Waals surface area contributed by atoms with Crippen molar-refractivity contribution in [1.82, 2.24) is 10.3 Å². The second-order valence-electron chi connectivity index (χ2n) is 3.11. The van der Waals surface area contributed by atoms with Crippen LogP contribution in [-0.2, 0) is 6.54 Å². The van der Waals surface area contributed by atoms with Crippen LogP contribution in [0.25, 0.3) is 0 Å². The van der Waals surface area contributed by atoms with Crippen LogP contribution in [0.15, 0.2) is 18.5 Å². The zero-order chi connectivity index (χ0) is 10.4. The molecular weight excluding hydrogens is 193 g/mol. The molecule has 1 heterocycles. The zero-order valence-electron chi connectivity index (χ0n) is 7.69. The van der Waals surface area contributed by atoms with E-state index in [2.05, 4.69) is 10.3 Å². The van der Waals surface area contributed by atoms with Crippen LogP contribution >= 0.6 is 0 Å². The SMILES string of the molecule is FC(F)(F)CCCNCc1cc[nH]c1. The quantitative estimate of drug-likeness (QED) is 0.711. The number of aromatic amines is 1. The lowest BCUT2D eigenvalue weighted by molar-refractivity contribution is -0.135. The first-order valence-corrected chi connectivity index (χ1v) is 4.47. The van der Waals surface area contributed by atoms with Gasteiger partial charge in [-0.15, -0.1) is 0 Å². The Morgan fingerprint density at radius 2 is 2.14 bits per heavy atom. The van der Waals surface area contributed by atoms with E-state index in [0.717, 1.165) is 5.56 Å². The van der Waals surface area contributed by atoms with Crippen LogP contribution in [0.5, 0.6) is 0 Å². The van der Waals surface area contributed by atoms with E-state index in [9.17, 15) is 13.2 Å². The Balaban J connectivity index is 2.00. The van der Waals surface area contributed by atoms with Gasteiger partial charge in [-0.2, -0.15) is 13.2 Å². The summed E-state index contributed by atoms with van der Waals surface area (Å²) in [5.74, 6) is 0. The monoisotopic (exact) mass is 206 g/mol. The summed E-state index contributed by atoms with van der Waals surface area (Å²) in [6.45, 7) is 1.01. The standard InChI is InChI=1S/C9H13F3N2/c10-9(11,12)3-1-4-13-6-8-2-5-14-7-8/h2,5,7,13-14H,1,3-4,6H2. The number of aromatic nitrogens is 1. The Labute approximate surface area is 80.5 Å². The highest BCUT2D eigenvalue weighted by molar-refractivity contribution is 5.07. The largest absolute Gasteiger partial charge is 0.389 e. The Morgan fingerprint density at radius 3 is 2.71 bits per heavy atom. The van der Waals surface area contributed by atoms with E-state index in [4.69, 9.17) is 0 Å². The molecule has 0 aliphatic heterocycles. The van der Waals surface area contributed by atoms with Gasteiger partial charge in [-0.25, -0.2) is 0 Å². The molecule has 2 N–H and O–H groups in total. The maximum Gasteiger partial charge on any atom is 0.389 e. The van der Waals surface area contributed by atoms with Crippen LogP contribution in [-0.4, -0.2) is 17.7 Å². The minimum absolute atomic E-state index is 0.133. The van der Waals surface area contributed by atoms with E-state index in [1.807, 2.05) is 12.3 Å². The Bertz CT molecular complexity index is 241. The lowest BCUT2D eigenvalue weighted by Gasteiger charge is -2.06. The molecule has 1 aromatic rings. The second kappa shape index (κ2) is 5.05. The van der Waals surface area contributed by atoms with Gasteiger partial charge in [0.2, 0.25) is 0 Å². The Hall–Kier alpha value is -0.970. The third-order valence-electron chi connectivity index (χ3n) is 1.81. The van der Waals surface area contributed by atoms with E-state index < -0.39 is 12.6 Å². The fourth-order valence-corrected chi connectivity index (χ4v) is 1.11. The molecule has 0 aliphatic rings. The van der Waals surface area contributed by atoms with Crippen molar-refractivity contribution in [2.45, 2.75) is 25.6 Å². The fourth-order valence-electron chi connectivity index (χ4n) is 1.11. The van der Waals surface area contributed by atoms with Gasteiger partial charge in [-0.05, 0) is 24.6 Å². The minimum atomic E-state index is -4.03. The molecule has 2 nitrogen and oxygen atoms in total. The second-order valence-corrected chi connectivity index (χ2v) is 3.11. The van der Waals surface area contributed by atoms with Crippen LogP contribution in [0.4, 0.5) is 13.2 Å². The topological polar surface area (TPSA) is 27.8 Å². The molecule has 0 saturated heterocycles. The van der Waals surface area contributed by atoms with Gasteiger partial charge in [-0.1, -0.05) is 0 Å². The minimum Gasteiger partial charge on any atom is -0.367 e. The number of hydrogen-bond donors (Lipinski definition) is 2. The van der Waals surface area contributed by atoms with Crippen LogP contribution in [0, 0.1) is 0 Å². The van der Waals surface area contributed by atoms with Crippen molar-refractivity contribution < 1.29 is 13.2 Å². The summed E-state index contributed by atoms with van der Waals surface area (Å²) in [6, 6.07) is 1.89. The molecule has 0 bridgehead atoms. The molecule has 80 valence electrons. The highest BCUT2D eigenvalue weighted by atomic mass is 19.4. The van der Waals surface area contributed by atoms with Crippen molar-refractivity contribution in [2.75, 3.05) is 6.54 Å². The molecule has 0 fully saturated rings. The van der Waals surface area contributed by atoms with Gasteiger partial charge >= 0.3 is 6.18 Å². The molecule has 5 heteroatoms. The molecule has 1 aromatic heterocycles. The maximum absolute atomic E-state index is 11.7. The molecule has 1 rings (SSSR count). The van der Waals surface area contributed by atoms with Gasteiger partial charge in [0.15, 0.2) is 0 Å². The van der Waals surface area contributed by atoms with Gasteiger partial charge in [-0.3, -0.25) is 0 Å². The van der Waals surface area contributed by atoms with Crippen molar-refractivity contribution in [1.29, 1.82) is 0 Å². The summed E-state index contributed by atoms with van der Waals surface area (Å²) in [4.78, 5) is 2.87. The summed E-state index contributed by atoms with van der Waals surface area (Å²) >= 11 is 0. The molecule has 0 aliphatic carbocycles. The van der Waals surface area contributed by atoms with Crippen molar-refractivity contribution in [2.24, 2.45) is 0 Å². The summed E-state index contributed by atoms with van der Waals surface area (Å²) < 4.78 is 35.2. The van der Waals surface area contributed by atoms with E-state index in [0.29, 0.717) is 13.1 Å². The van der Waals surface area contributed by atoms with E-state index in [1.54, 1.807) is 6.20 Å². The van der Waals surface area contributed by atoms with Crippen LogP contribution in [0.2, 0.25) is 0 Å². The summed E-state index contributed by atoms with van der Waals surface area (Å²) in [5.41, 5.74) is 1.05. The third-order valence-corrected chi connectivity index (χ3v) is 1.81. The highest BCUT2D eigenvalue weighted by Crippen LogP contribution is 2.20. The van der Waals surface area contributed by atoms with Crippen LogP contribution in [0.1, 0.15) is 18.4 Å². The normalized spacial score (nSPS) is 11.9. The number of nitrogens with one attached hydrogen (secondary N) is 2. The fraction of sp³-hybridized carbons (Fsp3) is 0.556. The van der Waals surface area contributed by atoms with E-state index in [-0.39, 0.29) is 6.42 Å². The predicted octanol–water partition coefficient (Wildman–Crippen LogP) is 2.45. The summed E-state index contributed by atoms with van der Waals surface area (Å²) in [6.07, 6.45) is -1.01. The summed E-state index contributed by atoms with van der Waals surface area (Å²) in [5, 5.41) is 2.94. The van der Waals surface area contributed by atoms with Crippen molar-refractivity contribution in [3.63, 3.8) is 0 Å². The Morgan fingerprint density at radius 1 is 1.36 bits per heavy atom. The van der Waals surface area contributed by atoms with Gasteiger partial charge in [0.1, 0.15) is 0 Å². The lowest BCUT2D eigenvalue weighted by atomic mass is 10.3. The summed E-state index contributed by atoms with van der Waals surface area (Å²) in [7, 11) is 0. The number of hydrogen-bond acceptors (Lipinski definition) is 1. The number of halogens is 3. The van der Waals surface area contributed by atoms with Crippen LogP contribution in [0.3, 0.4) is 0 Å². The van der Waals surface area contributed by atoms with E-state index >= 15 is 0 Å². The van der Waals surface area contributed by atoms with Gasteiger partial charge < -0.3 is 10.3 Å². The first-order chi connectivity index (χ1) is 6.58. The highest BCUT2D eigenvalue weighted by Gasteiger charge is 2.25. The average molecular weight is 206 g/mol. The molecule has 0 amide bonds. The first kappa shape index (κ1) is 11.1. The lowest BCUT2D eigenvalue weighted by Crippen LogP contribution is -2.17. The van der Waals surface area contributed by atoms with Crippen molar-refractivity contribution >= 4 is 0 Å². The first-order valence-electron chi connectivity index (χ1n) is 4.47. The van der Waals surface area contributed by atoms with Crippen LogP contribution < -0.4 is 5.32 Å². The maximum atomic E-state index is 11.7. The smallest absolute Gasteiger partial charge is 0.367 e. The van der Waals surface area contributed by atoms with Gasteiger partial charge in [0.25, 0.3) is 0 Å².